The minimum Gasteiger partial charge on any atom is -0.351 e. The van der Waals surface area contributed by atoms with Crippen molar-refractivity contribution >= 4 is 40.7 Å². The summed E-state index contributed by atoms with van der Waals surface area (Å²) in [6.07, 6.45) is 0.581. The molecule has 1 amide bonds. The molecule has 0 spiro atoms. The molecule has 0 radical (unpaired) electrons. The highest BCUT2D eigenvalue weighted by molar-refractivity contribution is 6.34. The number of hydrogen-bond donors (Lipinski definition) is 1. The number of nitrogens with zero attached hydrogens (tertiary/aromatic N) is 1. The van der Waals surface area contributed by atoms with E-state index < -0.39 is 17.7 Å². The van der Waals surface area contributed by atoms with Crippen molar-refractivity contribution < 1.29 is 14.4 Å². The van der Waals surface area contributed by atoms with E-state index in [0.717, 1.165) is 22.3 Å². The Morgan fingerprint density at radius 2 is 1.79 bits per heavy atom. The van der Waals surface area contributed by atoms with Gasteiger partial charge in [0.25, 0.3) is 5.91 Å². The van der Waals surface area contributed by atoms with Gasteiger partial charge >= 0.3 is 0 Å². The molecule has 1 N–H and O–H groups in total. The first-order chi connectivity index (χ1) is 13.7. The number of aryl methyl sites for hydroxylation is 3. The van der Waals surface area contributed by atoms with Crippen molar-refractivity contribution in [3.63, 3.8) is 0 Å². The third kappa shape index (κ3) is 4.51. The van der Waals surface area contributed by atoms with Gasteiger partial charge in [-0.2, -0.15) is 0 Å². The van der Waals surface area contributed by atoms with Crippen molar-refractivity contribution in [2.24, 2.45) is 5.92 Å². The quantitative estimate of drug-likeness (QED) is 0.561. The topological polar surface area (TPSA) is 76.1 Å². The van der Waals surface area contributed by atoms with E-state index in [2.05, 4.69) is 10.3 Å². The van der Waals surface area contributed by atoms with Crippen LogP contribution in [0, 0.1) is 26.7 Å². The van der Waals surface area contributed by atoms with Crippen molar-refractivity contribution in [3.8, 4) is 0 Å². The number of nitrogens with one attached hydrogen (secondary N) is 1. The van der Waals surface area contributed by atoms with Gasteiger partial charge in [0.2, 0.25) is 0 Å². The standard InChI is InChI=1S/C22H22Cl2N2O3/c1-11-8-12(2)18(13(3)9-11)19-16(27)10-14(21(19)28)6-7-25-22(29)20-15(23)4-5-17(24)26-20/h4-5,8-9,14,19H,6-7,10H2,1-3H3,(H,25,29). The van der Waals surface area contributed by atoms with Crippen LogP contribution in [0.15, 0.2) is 24.3 Å². The molecule has 2 unspecified atom stereocenters. The smallest absolute Gasteiger partial charge is 0.271 e. The van der Waals surface area contributed by atoms with Gasteiger partial charge < -0.3 is 5.32 Å². The lowest BCUT2D eigenvalue weighted by molar-refractivity contribution is -0.124. The molecule has 1 heterocycles. The van der Waals surface area contributed by atoms with E-state index in [9.17, 15) is 14.4 Å². The van der Waals surface area contributed by atoms with E-state index in [1.165, 1.54) is 12.1 Å². The predicted octanol–water partition coefficient (Wildman–Crippen LogP) is 4.38. The number of amides is 1. The van der Waals surface area contributed by atoms with Crippen LogP contribution in [0.2, 0.25) is 10.2 Å². The van der Waals surface area contributed by atoms with Crippen LogP contribution in [0.4, 0.5) is 0 Å². The summed E-state index contributed by atoms with van der Waals surface area (Å²) in [6.45, 7) is 6.11. The Labute approximate surface area is 179 Å². The summed E-state index contributed by atoms with van der Waals surface area (Å²) >= 11 is 11.8. The van der Waals surface area contributed by atoms with Gasteiger partial charge in [-0.3, -0.25) is 14.4 Å². The van der Waals surface area contributed by atoms with E-state index >= 15 is 0 Å². The van der Waals surface area contributed by atoms with Crippen LogP contribution >= 0.6 is 23.2 Å². The van der Waals surface area contributed by atoms with Gasteiger partial charge in [-0.05, 0) is 56.0 Å². The van der Waals surface area contributed by atoms with Crippen LogP contribution in [-0.2, 0) is 9.59 Å². The second-order valence-electron chi connectivity index (χ2n) is 7.52. The average Bonchev–Trinajstić information content (AvgIpc) is 2.91. The molecule has 1 fully saturated rings. The van der Waals surface area contributed by atoms with E-state index in [-0.39, 0.29) is 40.4 Å². The zero-order chi connectivity index (χ0) is 21.3. The summed E-state index contributed by atoms with van der Waals surface area (Å²) in [4.78, 5) is 41.8. The maximum absolute atomic E-state index is 13.0. The Kier molecular flexibility index (Phi) is 6.39. The molecule has 1 aliphatic carbocycles. The molecule has 2 atom stereocenters. The molecular weight excluding hydrogens is 411 g/mol. The maximum Gasteiger partial charge on any atom is 0.271 e. The van der Waals surface area contributed by atoms with Crippen molar-refractivity contribution in [2.45, 2.75) is 39.5 Å². The van der Waals surface area contributed by atoms with Crippen LogP contribution in [0.25, 0.3) is 0 Å². The molecule has 0 saturated heterocycles. The number of carbonyl (C=O) groups is 3. The maximum atomic E-state index is 13.0. The summed E-state index contributed by atoms with van der Waals surface area (Å²) in [7, 11) is 0. The van der Waals surface area contributed by atoms with Gasteiger partial charge in [0.1, 0.15) is 22.5 Å². The number of pyridine rings is 1. The second kappa shape index (κ2) is 8.64. The van der Waals surface area contributed by atoms with Crippen LogP contribution in [0.1, 0.15) is 51.5 Å². The fourth-order valence-electron chi connectivity index (χ4n) is 4.07. The summed E-state index contributed by atoms with van der Waals surface area (Å²) in [6, 6.07) is 7.00. The lowest BCUT2D eigenvalue weighted by Crippen LogP contribution is -2.28. The molecule has 0 bridgehead atoms. The average molecular weight is 433 g/mol. The van der Waals surface area contributed by atoms with Crippen LogP contribution in [0.3, 0.4) is 0 Å². The molecule has 1 aromatic heterocycles. The van der Waals surface area contributed by atoms with Crippen molar-refractivity contribution in [1.29, 1.82) is 0 Å². The van der Waals surface area contributed by atoms with Crippen molar-refractivity contribution in [3.05, 3.63) is 62.4 Å². The predicted molar refractivity (Wildman–Crippen MR) is 113 cm³/mol. The molecule has 1 saturated carbocycles. The van der Waals surface area contributed by atoms with Gasteiger partial charge in [0.15, 0.2) is 5.78 Å². The summed E-state index contributed by atoms with van der Waals surface area (Å²) < 4.78 is 0. The van der Waals surface area contributed by atoms with Crippen LogP contribution < -0.4 is 5.32 Å². The highest BCUT2D eigenvalue weighted by atomic mass is 35.5. The first-order valence-corrected chi connectivity index (χ1v) is 10.2. The third-order valence-corrected chi connectivity index (χ3v) is 5.80. The summed E-state index contributed by atoms with van der Waals surface area (Å²) in [5.41, 5.74) is 3.90. The number of carbonyl (C=O) groups excluding carboxylic acids is 3. The number of benzene rings is 1. The van der Waals surface area contributed by atoms with E-state index in [4.69, 9.17) is 23.2 Å². The molecule has 152 valence electrons. The highest BCUT2D eigenvalue weighted by Crippen LogP contribution is 2.37. The van der Waals surface area contributed by atoms with Crippen LogP contribution in [-0.4, -0.2) is 29.0 Å². The molecule has 1 aromatic carbocycles. The largest absolute Gasteiger partial charge is 0.351 e. The molecule has 7 heteroatoms. The van der Waals surface area contributed by atoms with E-state index in [0.29, 0.717) is 6.42 Å². The number of hydrogen-bond acceptors (Lipinski definition) is 4. The first-order valence-electron chi connectivity index (χ1n) is 9.43. The Morgan fingerprint density at radius 3 is 2.45 bits per heavy atom. The lowest BCUT2D eigenvalue weighted by Gasteiger charge is -2.16. The Bertz CT molecular complexity index is 981. The normalized spacial score (nSPS) is 18.9. The minimum atomic E-state index is -0.708. The number of ketones is 2. The zero-order valence-corrected chi connectivity index (χ0v) is 18.0. The number of Topliss-reactive ketones (excluding diaryl/α,β-unsaturated/α-hetero) is 2. The molecule has 5 nitrogen and oxygen atoms in total. The number of halogens is 2. The Balaban J connectivity index is 1.67. The number of aromatic nitrogens is 1. The minimum absolute atomic E-state index is 0.0387. The molecular formula is C22H22Cl2N2O3. The third-order valence-electron chi connectivity index (χ3n) is 5.29. The zero-order valence-electron chi connectivity index (χ0n) is 16.5. The SMILES string of the molecule is Cc1cc(C)c(C2C(=O)CC(CCNC(=O)c3nc(Cl)ccc3Cl)C2=O)c(C)c1. The fraction of sp³-hybridized carbons (Fsp3) is 0.364. The number of rotatable bonds is 5. The van der Waals surface area contributed by atoms with Gasteiger partial charge in [0, 0.05) is 18.9 Å². The molecule has 29 heavy (non-hydrogen) atoms. The molecule has 2 aromatic rings. The Morgan fingerprint density at radius 1 is 1.14 bits per heavy atom. The summed E-state index contributed by atoms with van der Waals surface area (Å²) in [5, 5.41) is 3.07. The Hall–Kier alpha value is -2.24. The molecule has 3 rings (SSSR count). The van der Waals surface area contributed by atoms with Crippen molar-refractivity contribution in [2.75, 3.05) is 6.54 Å². The lowest BCUT2D eigenvalue weighted by atomic mass is 9.86. The van der Waals surface area contributed by atoms with E-state index in [1.54, 1.807) is 0 Å². The highest BCUT2D eigenvalue weighted by Gasteiger charge is 2.42. The van der Waals surface area contributed by atoms with Gasteiger partial charge in [-0.1, -0.05) is 40.9 Å². The molecule has 1 aliphatic rings. The van der Waals surface area contributed by atoms with Gasteiger partial charge in [-0.15, -0.1) is 0 Å². The first kappa shape index (κ1) is 21.5. The summed E-state index contributed by atoms with van der Waals surface area (Å²) in [5.74, 6) is -1.70. The van der Waals surface area contributed by atoms with Crippen molar-refractivity contribution in [1.82, 2.24) is 10.3 Å². The van der Waals surface area contributed by atoms with Crippen LogP contribution in [0.5, 0.6) is 0 Å². The molecule has 0 aliphatic heterocycles. The fourth-order valence-corrected chi connectivity index (χ4v) is 4.41. The van der Waals surface area contributed by atoms with Gasteiger partial charge in [-0.25, -0.2) is 4.98 Å². The van der Waals surface area contributed by atoms with Gasteiger partial charge in [0.05, 0.1) is 5.02 Å². The second-order valence-corrected chi connectivity index (χ2v) is 8.32. The monoisotopic (exact) mass is 432 g/mol. The van der Waals surface area contributed by atoms with E-state index in [1.807, 2.05) is 32.9 Å².